The largest absolute Gasteiger partial charge is 0.493 e. The molecule has 1 N–H and O–H groups in total. The first kappa shape index (κ1) is 25.6. The fourth-order valence-corrected chi connectivity index (χ4v) is 4.76. The summed E-state index contributed by atoms with van der Waals surface area (Å²) in [7, 11) is 1.56. The Bertz CT molecular complexity index is 1500. The molecule has 0 bridgehead atoms. The van der Waals surface area contributed by atoms with E-state index in [0.29, 0.717) is 38.8 Å². The van der Waals surface area contributed by atoms with Crippen LogP contribution in [0.25, 0.3) is 5.70 Å². The van der Waals surface area contributed by atoms with Crippen LogP contribution >= 0.6 is 23.2 Å². The van der Waals surface area contributed by atoms with Crippen molar-refractivity contribution in [3.63, 3.8) is 0 Å². The highest BCUT2D eigenvalue weighted by Crippen LogP contribution is 2.41. The molecule has 1 atom stereocenters. The van der Waals surface area contributed by atoms with Crippen LogP contribution in [0.3, 0.4) is 0 Å². The number of aromatic nitrogens is 3. The summed E-state index contributed by atoms with van der Waals surface area (Å²) < 4.78 is 18.8. The number of hydrogen-bond donors (Lipinski definition) is 1. The summed E-state index contributed by atoms with van der Waals surface area (Å²) in [6, 6.07) is 19.7. The highest BCUT2D eigenvalue weighted by molar-refractivity contribution is 6.35. The standard InChI is InChI=1S/C28H24Cl2N4O4/c1-3-37-27(35)24-25(17-7-5-4-6-8-17)33-28-31-16-32-34(28)26(24)18-10-12-22(23(13-18)36-2)38-15-19-9-11-20(29)14-21(19)30/h4-14,16,26H,3,15H2,1-2H3,(H,31,32,33). The average Bonchev–Trinajstić information content (AvgIpc) is 3.40. The minimum absolute atomic E-state index is 0.221. The van der Waals surface area contributed by atoms with Gasteiger partial charge in [-0.05, 0) is 42.3 Å². The molecule has 1 aliphatic heterocycles. The Morgan fingerprint density at radius 1 is 1.05 bits per heavy atom. The molecule has 0 saturated heterocycles. The minimum atomic E-state index is -0.628. The summed E-state index contributed by atoms with van der Waals surface area (Å²) in [6.45, 7) is 2.22. The Kier molecular flexibility index (Phi) is 7.53. The van der Waals surface area contributed by atoms with Gasteiger partial charge < -0.3 is 19.5 Å². The highest BCUT2D eigenvalue weighted by atomic mass is 35.5. The summed E-state index contributed by atoms with van der Waals surface area (Å²) >= 11 is 12.3. The Hall–Kier alpha value is -4.01. The van der Waals surface area contributed by atoms with E-state index in [1.807, 2.05) is 48.5 Å². The maximum absolute atomic E-state index is 13.4. The number of nitrogens with zero attached hydrogens (tertiary/aromatic N) is 3. The Morgan fingerprint density at radius 2 is 1.87 bits per heavy atom. The molecule has 1 aromatic heterocycles. The average molecular weight is 551 g/mol. The van der Waals surface area contributed by atoms with E-state index < -0.39 is 12.0 Å². The van der Waals surface area contributed by atoms with Gasteiger partial charge >= 0.3 is 5.97 Å². The smallest absolute Gasteiger partial charge is 0.338 e. The number of carbonyl (C=O) groups excluding carboxylic acids is 1. The summed E-state index contributed by atoms with van der Waals surface area (Å²) in [5.41, 5.74) is 3.35. The number of rotatable bonds is 8. The Balaban J connectivity index is 1.56. The van der Waals surface area contributed by atoms with E-state index in [1.54, 1.807) is 36.9 Å². The summed E-state index contributed by atoms with van der Waals surface area (Å²) in [6.07, 6.45) is 1.44. The second-order valence-corrected chi connectivity index (χ2v) is 9.21. The van der Waals surface area contributed by atoms with Gasteiger partial charge in [0.15, 0.2) is 11.5 Å². The number of esters is 1. The SMILES string of the molecule is CCOC(=O)C1=C(c2ccccc2)Nc2ncnn2C1c1ccc(OCc2ccc(Cl)cc2Cl)c(OC)c1. The van der Waals surface area contributed by atoms with Crippen LogP contribution in [0.2, 0.25) is 10.0 Å². The van der Waals surface area contributed by atoms with E-state index in [1.165, 1.54) is 6.33 Å². The lowest BCUT2D eigenvalue weighted by molar-refractivity contribution is -0.138. The van der Waals surface area contributed by atoms with Gasteiger partial charge in [-0.15, -0.1) is 0 Å². The third-order valence-corrected chi connectivity index (χ3v) is 6.64. The van der Waals surface area contributed by atoms with Crippen molar-refractivity contribution in [1.82, 2.24) is 14.8 Å². The maximum Gasteiger partial charge on any atom is 0.338 e. The van der Waals surface area contributed by atoms with Gasteiger partial charge in [0.1, 0.15) is 19.0 Å². The predicted octanol–water partition coefficient (Wildman–Crippen LogP) is 6.16. The first-order chi connectivity index (χ1) is 18.5. The number of fused-ring (bicyclic) bond motifs is 1. The van der Waals surface area contributed by atoms with Crippen molar-refractivity contribution in [1.29, 1.82) is 0 Å². The molecular formula is C28H24Cl2N4O4. The molecule has 1 unspecified atom stereocenters. The number of ether oxygens (including phenoxy) is 3. The van der Waals surface area contributed by atoms with Crippen molar-refractivity contribution in [3.8, 4) is 11.5 Å². The van der Waals surface area contributed by atoms with E-state index >= 15 is 0 Å². The topological polar surface area (TPSA) is 87.5 Å². The third kappa shape index (κ3) is 5.05. The van der Waals surface area contributed by atoms with Crippen LogP contribution in [0.5, 0.6) is 11.5 Å². The number of benzene rings is 3. The van der Waals surface area contributed by atoms with Crippen molar-refractivity contribution in [2.24, 2.45) is 0 Å². The number of methoxy groups -OCH3 is 1. The maximum atomic E-state index is 13.4. The van der Waals surface area contributed by atoms with Gasteiger partial charge in [-0.1, -0.05) is 65.7 Å². The molecule has 5 rings (SSSR count). The zero-order valence-corrected chi connectivity index (χ0v) is 22.2. The molecule has 0 amide bonds. The second-order valence-electron chi connectivity index (χ2n) is 8.37. The predicted molar refractivity (Wildman–Crippen MR) is 146 cm³/mol. The van der Waals surface area contributed by atoms with Crippen LogP contribution in [0.15, 0.2) is 78.6 Å². The third-order valence-electron chi connectivity index (χ3n) is 6.06. The molecule has 38 heavy (non-hydrogen) atoms. The minimum Gasteiger partial charge on any atom is -0.493 e. The number of anilines is 1. The number of hydrogen-bond acceptors (Lipinski definition) is 7. The van der Waals surface area contributed by atoms with Gasteiger partial charge in [-0.25, -0.2) is 9.48 Å². The van der Waals surface area contributed by atoms with Crippen LogP contribution in [0.4, 0.5) is 5.95 Å². The zero-order valence-electron chi connectivity index (χ0n) is 20.7. The summed E-state index contributed by atoms with van der Waals surface area (Å²) in [4.78, 5) is 17.7. The lowest BCUT2D eigenvalue weighted by Crippen LogP contribution is -2.30. The van der Waals surface area contributed by atoms with Gasteiger partial charge in [0.25, 0.3) is 0 Å². The van der Waals surface area contributed by atoms with Crippen LogP contribution in [-0.2, 0) is 16.1 Å². The molecule has 4 aromatic rings. The zero-order chi connectivity index (χ0) is 26.6. The first-order valence-corrected chi connectivity index (χ1v) is 12.6. The molecule has 0 fully saturated rings. The van der Waals surface area contributed by atoms with Crippen LogP contribution < -0.4 is 14.8 Å². The van der Waals surface area contributed by atoms with Crippen LogP contribution in [0.1, 0.15) is 29.7 Å². The fourth-order valence-electron chi connectivity index (χ4n) is 4.30. The van der Waals surface area contributed by atoms with Crippen molar-refractivity contribution >= 4 is 40.8 Å². The van der Waals surface area contributed by atoms with Gasteiger partial charge in [0.05, 0.1) is 25.0 Å². The van der Waals surface area contributed by atoms with Crippen molar-refractivity contribution in [2.75, 3.05) is 19.0 Å². The molecule has 2 heterocycles. The molecule has 10 heteroatoms. The van der Waals surface area contributed by atoms with Crippen LogP contribution in [-0.4, -0.2) is 34.5 Å². The molecule has 3 aromatic carbocycles. The highest BCUT2D eigenvalue weighted by Gasteiger charge is 2.36. The Labute approximate surface area is 229 Å². The molecular weight excluding hydrogens is 527 g/mol. The lowest BCUT2D eigenvalue weighted by atomic mass is 9.92. The fraction of sp³-hybridized carbons (Fsp3) is 0.179. The van der Waals surface area contributed by atoms with E-state index in [-0.39, 0.29) is 13.2 Å². The van der Waals surface area contributed by atoms with E-state index in [9.17, 15) is 4.79 Å². The molecule has 1 aliphatic rings. The van der Waals surface area contributed by atoms with Gasteiger partial charge in [0.2, 0.25) is 5.95 Å². The monoisotopic (exact) mass is 550 g/mol. The van der Waals surface area contributed by atoms with Crippen molar-refractivity contribution < 1.29 is 19.0 Å². The quantitative estimate of drug-likeness (QED) is 0.263. The van der Waals surface area contributed by atoms with Gasteiger partial charge in [0, 0.05) is 15.6 Å². The molecule has 0 saturated carbocycles. The second kappa shape index (κ2) is 11.2. The number of halogens is 2. The molecule has 194 valence electrons. The molecule has 0 spiro atoms. The molecule has 0 radical (unpaired) electrons. The summed E-state index contributed by atoms with van der Waals surface area (Å²) in [5, 5.41) is 8.73. The van der Waals surface area contributed by atoms with Crippen LogP contribution in [0, 0.1) is 0 Å². The lowest BCUT2D eigenvalue weighted by Gasteiger charge is -2.30. The summed E-state index contributed by atoms with van der Waals surface area (Å²) in [5.74, 6) is 1.04. The molecule has 8 nitrogen and oxygen atoms in total. The normalized spacial score (nSPS) is 14.5. The van der Waals surface area contributed by atoms with Gasteiger partial charge in [-0.2, -0.15) is 10.1 Å². The molecule has 0 aliphatic carbocycles. The van der Waals surface area contributed by atoms with Crippen molar-refractivity contribution in [3.05, 3.63) is 105 Å². The van der Waals surface area contributed by atoms with E-state index in [0.717, 1.165) is 16.7 Å². The van der Waals surface area contributed by atoms with Gasteiger partial charge in [-0.3, -0.25) is 0 Å². The van der Waals surface area contributed by atoms with Crippen molar-refractivity contribution in [2.45, 2.75) is 19.6 Å². The van der Waals surface area contributed by atoms with E-state index in [2.05, 4.69) is 15.4 Å². The number of nitrogens with one attached hydrogen (secondary N) is 1. The van der Waals surface area contributed by atoms with E-state index in [4.69, 9.17) is 37.4 Å². The first-order valence-electron chi connectivity index (χ1n) is 11.9. The Morgan fingerprint density at radius 3 is 2.61 bits per heavy atom. The number of carbonyl (C=O) groups is 1.